The van der Waals surface area contributed by atoms with E-state index in [0.29, 0.717) is 38.5 Å². The minimum Gasteiger partial charge on any atom is -0.481 e. The number of fused-ring (bicyclic) bond motifs is 2. The van der Waals surface area contributed by atoms with E-state index >= 15 is 0 Å². The van der Waals surface area contributed by atoms with Crippen molar-refractivity contribution in [2.24, 2.45) is 5.92 Å². The molecule has 1 saturated heterocycles. The summed E-state index contributed by atoms with van der Waals surface area (Å²) < 4.78 is 0. The fraction of sp³-hybridized carbons (Fsp3) is 0.500. The van der Waals surface area contributed by atoms with Gasteiger partial charge in [-0.3, -0.25) is 19.3 Å². The highest BCUT2D eigenvalue weighted by molar-refractivity contribution is 6.09. The highest BCUT2D eigenvalue weighted by Gasteiger charge is 2.55. The van der Waals surface area contributed by atoms with Crippen molar-refractivity contribution in [3.8, 4) is 0 Å². The quantitative estimate of drug-likeness (QED) is 0.672. The molecule has 0 bridgehead atoms. The van der Waals surface area contributed by atoms with E-state index in [9.17, 15) is 19.2 Å². The van der Waals surface area contributed by atoms with Crippen LogP contribution in [0.3, 0.4) is 0 Å². The lowest BCUT2D eigenvalue weighted by atomic mass is 9.86. The van der Waals surface area contributed by atoms with E-state index in [1.54, 1.807) is 0 Å². The summed E-state index contributed by atoms with van der Waals surface area (Å²) in [5.74, 6) is -1.94. The monoisotopic (exact) mass is 385 g/mol. The molecule has 1 unspecified atom stereocenters. The number of urea groups is 1. The molecule has 1 aromatic rings. The van der Waals surface area contributed by atoms with Gasteiger partial charge < -0.3 is 15.7 Å². The fourth-order valence-electron chi connectivity index (χ4n) is 4.63. The Morgan fingerprint density at radius 3 is 2.61 bits per heavy atom. The number of benzene rings is 1. The van der Waals surface area contributed by atoms with Crippen LogP contribution in [-0.4, -0.2) is 46.4 Å². The summed E-state index contributed by atoms with van der Waals surface area (Å²) in [7, 11) is 0. The van der Waals surface area contributed by atoms with E-state index in [4.69, 9.17) is 5.11 Å². The van der Waals surface area contributed by atoms with Gasteiger partial charge in [0.2, 0.25) is 5.91 Å². The Morgan fingerprint density at radius 2 is 1.89 bits per heavy atom. The number of rotatable bonds is 4. The standard InChI is InChI=1S/C20H23N3O5/c24-16(21-14-7-5-13(6-8-14)17(25)26)11-23-18(27)20(22-19(23)28)10-9-12-3-1-2-4-15(12)20/h1-4,13-14H,5-11H2,(H,21,24)(H,22,28)(H,25,26). The molecule has 28 heavy (non-hydrogen) atoms. The van der Waals surface area contributed by atoms with Gasteiger partial charge in [0.15, 0.2) is 0 Å². The lowest BCUT2D eigenvalue weighted by Crippen LogP contribution is -2.46. The first kappa shape index (κ1) is 18.5. The number of aliphatic carboxylic acids is 1. The summed E-state index contributed by atoms with van der Waals surface area (Å²) in [4.78, 5) is 49.9. The van der Waals surface area contributed by atoms with E-state index in [1.165, 1.54) is 0 Å². The van der Waals surface area contributed by atoms with Gasteiger partial charge in [0.1, 0.15) is 12.1 Å². The second-order valence-corrected chi connectivity index (χ2v) is 7.84. The minimum absolute atomic E-state index is 0.120. The normalized spacial score (nSPS) is 28.9. The number of carboxylic acid groups (broad SMARTS) is 1. The van der Waals surface area contributed by atoms with Crippen molar-refractivity contribution < 1.29 is 24.3 Å². The molecule has 4 rings (SSSR count). The molecule has 3 N–H and O–H groups in total. The third kappa shape index (κ3) is 3.02. The number of imide groups is 1. The van der Waals surface area contributed by atoms with Crippen LogP contribution in [0.4, 0.5) is 4.79 Å². The first-order chi connectivity index (χ1) is 13.4. The third-order valence-electron chi connectivity index (χ3n) is 6.17. The first-order valence-corrected chi connectivity index (χ1v) is 9.65. The van der Waals surface area contributed by atoms with Gasteiger partial charge >= 0.3 is 12.0 Å². The number of nitrogens with one attached hydrogen (secondary N) is 2. The summed E-state index contributed by atoms with van der Waals surface area (Å²) in [5, 5.41) is 14.7. The van der Waals surface area contributed by atoms with Gasteiger partial charge in [-0.2, -0.15) is 0 Å². The van der Waals surface area contributed by atoms with Gasteiger partial charge in [0.25, 0.3) is 5.91 Å². The first-order valence-electron chi connectivity index (χ1n) is 9.65. The average molecular weight is 385 g/mol. The summed E-state index contributed by atoms with van der Waals surface area (Å²) in [6.45, 7) is -0.326. The number of amides is 4. The summed E-state index contributed by atoms with van der Waals surface area (Å²) in [5.41, 5.74) is 0.786. The predicted molar refractivity (Wildman–Crippen MR) is 98.2 cm³/mol. The molecule has 1 atom stereocenters. The molecule has 8 heteroatoms. The molecule has 148 valence electrons. The Balaban J connectivity index is 1.39. The molecule has 1 heterocycles. The largest absolute Gasteiger partial charge is 0.481 e. The Kier molecular flexibility index (Phi) is 4.56. The van der Waals surface area contributed by atoms with Crippen LogP contribution in [-0.2, 0) is 26.3 Å². The van der Waals surface area contributed by atoms with Crippen LogP contribution in [0.1, 0.15) is 43.2 Å². The van der Waals surface area contributed by atoms with Crippen molar-refractivity contribution in [2.75, 3.05) is 6.54 Å². The number of hydrogen-bond acceptors (Lipinski definition) is 4. The maximum Gasteiger partial charge on any atom is 0.325 e. The van der Waals surface area contributed by atoms with Crippen LogP contribution >= 0.6 is 0 Å². The van der Waals surface area contributed by atoms with Crippen LogP contribution in [0.5, 0.6) is 0 Å². The minimum atomic E-state index is -1.06. The van der Waals surface area contributed by atoms with Crippen molar-refractivity contribution in [3.05, 3.63) is 35.4 Å². The number of carbonyl (C=O) groups excluding carboxylic acids is 3. The van der Waals surface area contributed by atoms with Crippen LogP contribution < -0.4 is 10.6 Å². The number of hydrogen-bond donors (Lipinski definition) is 3. The maximum absolute atomic E-state index is 13.0. The molecule has 4 amide bonds. The average Bonchev–Trinajstić information content (AvgIpc) is 3.16. The lowest BCUT2D eigenvalue weighted by Gasteiger charge is -2.27. The molecule has 1 aromatic carbocycles. The molecule has 0 radical (unpaired) electrons. The Hall–Kier alpha value is -2.90. The zero-order valence-corrected chi connectivity index (χ0v) is 15.4. The molecule has 8 nitrogen and oxygen atoms in total. The van der Waals surface area contributed by atoms with E-state index in [-0.39, 0.29) is 24.4 Å². The zero-order chi connectivity index (χ0) is 19.9. The third-order valence-corrected chi connectivity index (χ3v) is 6.17. The number of nitrogens with zero attached hydrogens (tertiary/aromatic N) is 1. The van der Waals surface area contributed by atoms with Gasteiger partial charge in [-0.05, 0) is 49.7 Å². The van der Waals surface area contributed by atoms with Crippen molar-refractivity contribution in [1.29, 1.82) is 0 Å². The van der Waals surface area contributed by atoms with E-state index in [2.05, 4.69) is 10.6 Å². The molecule has 1 spiro atoms. The van der Waals surface area contributed by atoms with Crippen molar-refractivity contribution in [3.63, 3.8) is 0 Å². The van der Waals surface area contributed by atoms with Crippen LogP contribution in [0.25, 0.3) is 0 Å². The molecule has 1 aliphatic heterocycles. The van der Waals surface area contributed by atoms with Gasteiger partial charge in [-0.25, -0.2) is 4.79 Å². The lowest BCUT2D eigenvalue weighted by molar-refractivity contribution is -0.143. The van der Waals surface area contributed by atoms with Crippen LogP contribution in [0.2, 0.25) is 0 Å². The SMILES string of the molecule is O=C(CN1C(=O)NC2(CCc3ccccc32)C1=O)NC1CCC(C(=O)O)CC1. The Bertz CT molecular complexity index is 846. The predicted octanol–water partition coefficient (Wildman–Crippen LogP) is 1.14. The van der Waals surface area contributed by atoms with E-state index in [0.717, 1.165) is 16.0 Å². The van der Waals surface area contributed by atoms with Crippen LogP contribution in [0.15, 0.2) is 24.3 Å². The molecule has 2 aliphatic carbocycles. The zero-order valence-electron chi connectivity index (χ0n) is 15.4. The second kappa shape index (κ2) is 6.92. The second-order valence-electron chi connectivity index (χ2n) is 7.84. The summed E-state index contributed by atoms with van der Waals surface area (Å²) in [6, 6.07) is 6.88. The van der Waals surface area contributed by atoms with Crippen molar-refractivity contribution in [2.45, 2.75) is 50.1 Å². The molecule has 0 aromatic heterocycles. The van der Waals surface area contributed by atoms with Crippen molar-refractivity contribution in [1.82, 2.24) is 15.5 Å². The Labute approximate surface area is 162 Å². The van der Waals surface area contributed by atoms with E-state index in [1.807, 2.05) is 24.3 Å². The summed E-state index contributed by atoms with van der Waals surface area (Å²) >= 11 is 0. The van der Waals surface area contributed by atoms with E-state index < -0.39 is 23.4 Å². The van der Waals surface area contributed by atoms with Crippen LogP contribution in [0, 0.1) is 5.92 Å². The van der Waals surface area contributed by atoms with Gasteiger partial charge in [0.05, 0.1) is 5.92 Å². The smallest absolute Gasteiger partial charge is 0.325 e. The molecule has 3 aliphatic rings. The van der Waals surface area contributed by atoms with Gasteiger partial charge in [0, 0.05) is 6.04 Å². The number of aryl methyl sites for hydroxylation is 1. The summed E-state index contributed by atoms with van der Waals surface area (Å²) in [6.07, 6.45) is 3.40. The molecule has 2 fully saturated rings. The topological polar surface area (TPSA) is 116 Å². The van der Waals surface area contributed by atoms with Gasteiger partial charge in [-0.15, -0.1) is 0 Å². The fourth-order valence-corrected chi connectivity index (χ4v) is 4.63. The number of carbonyl (C=O) groups is 4. The van der Waals surface area contributed by atoms with Gasteiger partial charge in [-0.1, -0.05) is 24.3 Å². The van der Waals surface area contributed by atoms with Crippen molar-refractivity contribution >= 4 is 23.8 Å². The maximum atomic E-state index is 13.0. The molecular weight excluding hydrogens is 362 g/mol. The highest BCUT2D eigenvalue weighted by Crippen LogP contribution is 2.41. The highest BCUT2D eigenvalue weighted by atomic mass is 16.4. The number of carboxylic acids is 1. The molecule has 1 saturated carbocycles. The Morgan fingerprint density at radius 1 is 1.18 bits per heavy atom. The molecular formula is C20H23N3O5.